The second-order valence-corrected chi connectivity index (χ2v) is 10.8. The van der Waals surface area contributed by atoms with Gasteiger partial charge in [0.25, 0.3) is 5.91 Å². The Morgan fingerprint density at radius 1 is 1.15 bits per heavy atom. The molecule has 0 aromatic heterocycles. The van der Waals surface area contributed by atoms with E-state index in [1.165, 1.54) is 0 Å². The van der Waals surface area contributed by atoms with Gasteiger partial charge in [-0.3, -0.25) is 14.6 Å². The molecule has 1 fully saturated rings. The lowest BCUT2D eigenvalue weighted by Gasteiger charge is -2.47. The molecule has 4 nitrogen and oxygen atoms in total. The SMILES string of the molecule is CCC[C@H](c1ccc(C=O)cc1)N1C(=O)C(/C2=C/C(F)CC/C=C\C2)=NC12CCC(C)(C)CC2. The van der Waals surface area contributed by atoms with Gasteiger partial charge in [-0.05, 0) is 74.0 Å². The fraction of sp³-hybridized carbons (Fsp3) is 0.552. The maximum atomic E-state index is 14.6. The molecule has 0 bridgehead atoms. The van der Waals surface area contributed by atoms with E-state index in [0.29, 0.717) is 36.1 Å². The number of hydrogen-bond acceptors (Lipinski definition) is 3. The van der Waals surface area contributed by atoms with Crippen molar-refractivity contribution in [1.82, 2.24) is 4.90 Å². The summed E-state index contributed by atoms with van der Waals surface area (Å²) in [5.74, 6) is -0.0787. The first kappa shape index (κ1) is 24.6. The van der Waals surface area contributed by atoms with E-state index < -0.39 is 11.8 Å². The molecule has 0 radical (unpaired) electrons. The number of alkyl halides is 1. The number of allylic oxidation sites excluding steroid dienone is 3. The number of carbonyl (C=O) groups excluding carboxylic acids is 2. The third kappa shape index (κ3) is 4.94. The van der Waals surface area contributed by atoms with E-state index >= 15 is 0 Å². The van der Waals surface area contributed by atoms with Gasteiger partial charge >= 0.3 is 0 Å². The molecule has 1 spiro atoms. The third-order valence-electron chi connectivity index (χ3n) is 7.72. The highest BCUT2D eigenvalue weighted by atomic mass is 19.1. The van der Waals surface area contributed by atoms with Gasteiger partial charge < -0.3 is 4.90 Å². The molecule has 0 saturated heterocycles. The highest BCUT2D eigenvalue weighted by Crippen LogP contribution is 2.50. The maximum Gasteiger partial charge on any atom is 0.274 e. The van der Waals surface area contributed by atoms with E-state index in [0.717, 1.165) is 50.4 Å². The Morgan fingerprint density at radius 3 is 2.50 bits per heavy atom. The van der Waals surface area contributed by atoms with Crippen LogP contribution < -0.4 is 0 Å². The van der Waals surface area contributed by atoms with E-state index in [1.807, 2.05) is 41.3 Å². The molecule has 1 aliphatic heterocycles. The summed E-state index contributed by atoms with van der Waals surface area (Å²) in [6, 6.07) is 7.43. The minimum atomic E-state index is -1.06. The highest BCUT2D eigenvalue weighted by Gasteiger charge is 2.52. The number of amides is 1. The minimum absolute atomic E-state index is 0.0787. The monoisotopic (exact) mass is 464 g/mol. The third-order valence-corrected chi connectivity index (χ3v) is 7.72. The average molecular weight is 465 g/mol. The van der Waals surface area contributed by atoms with Crippen LogP contribution in [0, 0.1) is 5.41 Å². The highest BCUT2D eigenvalue weighted by molar-refractivity contribution is 6.46. The predicted octanol–water partition coefficient (Wildman–Crippen LogP) is 6.92. The number of carbonyl (C=O) groups is 2. The van der Waals surface area contributed by atoms with Crippen molar-refractivity contribution in [3.8, 4) is 0 Å². The molecular weight excluding hydrogens is 427 g/mol. The van der Waals surface area contributed by atoms with Gasteiger partial charge in [0.2, 0.25) is 0 Å². The Labute approximate surface area is 203 Å². The molecule has 34 heavy (non-hydrogen) atoms. The molecule has 4 rings (SSSR count). The van der Waals surface area contributed by atoms with E-state index in [1.54, 1.807) is 6.08 Å². The fourth-order valence-corrected chi connectivity index (χ4v) is 5.58. The molecule has 182 valence electrons. The van der Waals surface area contributed by atoms with Crippen LogP contribution >= 0.6 is 0 Å². The molecule has 1 amide bonds. The van der Waals surface area contributed by atoms with Crippen LogP contribution in [0.25, 0.3) is 0 Å². The van der Waals surface area contributed by atoms with Gasteiger partial charge in [0.15, 0.2) is 0 Å². The second-order valence-electron chi connectivity index (χ2n) is 10.8. The zero-order chi connectivity index (χ0) is 24.3. The van der Waals surface area contributed by atoms with Gasteiger partial charge in [-0.15, -0.1) is 0 Å². The molecule has 1 unspecified atom stereocenters. The van der Waals surface area contributed by atoms with E-state index in [-0.39, 0.29) is 17.4 Å². The topological polar surface area (TPSA) is 49.7 Å². The lowest BCUT2D eigenvalue weighted by molar-refractivity contribution is -0.134. The first-order valence-corrected chi connectivity index (χ1v) is 12.8. The van der Waals surface area contributed by atoms with Crippen molar-refractivity contribution < 1.29 is 14.0 Å². The Balaban J connectivity index is 1.77. The summed E-state index contributed by atoms with van der Waals surface area (Å²) in [5.41, 5.74) is 2.43. The van der Waals surface area contributed by atoms with Gasteiger partial charge in [-0.2, -0.15) is 0 Å². The Bertz CT molecular complexity index is 995. The zero-order valence-electron chi connectivity index (χ0n) is 20.7. The van der Waals surface area contributed by atoms with Crippen LogP contribution in [0.4, 0.5) is 4.39 Å². The van der Waals surface area contributed by atoms with Gasteiger partial charge in [0, 0.05) is 5.56 Å². The van der Waals surface area contributed by atoms with Gasteiger partial charge in [0.05, 0.1) is 6.04 Å². The molecule has 1 aromatic rings. The molecule has 1 heterocycles. The van der Waals surface area contributed by atoms with Crippen LogP contribution in [0.15, 0.2) is 53.1 Å². The van der Waals surface area contributed by atoms with Crippen LogP contribution in [0.5, 0.6) is 0 Å². The van der Waals surface area contributed by atoms with Crippen LogP contribution in [-0.4, -0.2) is 34.6 Å². The van der Waals surface area contributed by atoms with E-state index in [4.69, 9.17) is 4.99 Å². The van der Waals surface area contributed by atoms with Crippen molar-refractivity contribution in [3.05, 3.63) is 59.2 Å². The fourth-order valence-electron chi connectivity index (χ4n) is 5.58. The zero-order valence-corrected chi connectivity index (χ0v) is 20.7. The number of rotatable bonds is 6. The second kappa shape index (κ2) is 9.97. The molecule has 3 aliphatic rings. The molecule has 0 N–H and O–H groups in total. The summed E-state index contributed by atoms with van der Waals surface area (Å²) in [7, 11) is 0. The number of aldehydes is 1. The van der Waals surface area contributed by atoms with Gasteiger partial charge in [-0.1, -0.05) is 63.6 Å². The normalized spacial score (nSPS) is 27.4. The number of halogens is 1. The van der Waals surface area contributed by atoms with Crippen LogP contribution in [-0.2, 0) is 4.79 Å². The number of aliphatic imine (C=N–C) groups is 1. The molecular formula is C29H37FN2O2. The number of nitrogens with zero attached hydrogens (tertiary/aromatic N) is 2. The van der Waals surface area contributed by atoms with Crippen molar-refractivity contribution in [2.75, 3.05) is 0 Å². The summed E-state index contributed by atoms with van der Waals surface area (Å²) >= 11 is 0. The largest absolute Gasteiger partial charge is 0.305 e. The molecule has 1 aromatic carbocycles. The van der Waals surface area contributed by atoms with E-state index in [2.05, 4.69) is 20.8 Å². The smallest absolute Gasteiger partial charge is 0.274 e. The van der Waals surface area contributed by atoms with Crippen molar-refractivity contribution in [3.63, 3.8) is 0 Å². The quantitative estimate of drug-likeness (QED) is 0.339. The van der Waals surface area contributed by atoms with Gasteiger partial charge in [-0.25, -0.2) is 4.39 Å². The average Bonchev–Trinajstić information content (AvgIpc) is 3.09. The molecule has 2 atom stereocenters. The lowest BCUT2D eigenvalue weighted by atomic mass is 9.72. The van der Waals surface area contributed by atoms with E-state index in [9.17, 15) is 14.0 Å². The summed E-state index contributed by atoms with van der Waals surface area (Å²) in [4.78, 5) is 32.5. The predicted molar refractivity (Wildman–Crippen MR) is 135 cm³/mol. The summed E-state index contributed by atoms with van der Waals surface area (Å²) in [6.45, 7) is 6.69. The maximum absolute atomic E-state index is 14.6. The van der Waals surface area contributed by atoms with Crippen LogP contribution in [0.1, 0.15) is 101 Å². The molecule has 2 aliphatic carbocycles. The van der Waals surface area contributed by atoms with Crippen molar-refractivity contribution in [2.45, 2.75) is 96.4 Å². The van der Waals surface area contributed by atoms with Crippen molar-refractivity contribution in [2.24, 2.45) is 10.4 Å². The number of hydrogen-bond donors (Lipinski definition) is 0. The first-order chi connectivity index (χ1) is 16.3. The Morgan fingerprint density at radius 2 is 1.85 bits per heavy atom. The number of benzene rings is 1. The molecule has 5 heteroatoms. The van der Waals surface area contributed by atoms with Crippen LogP contribution in [0.2, 0.25) is 0 Å². The summed E-state index contributed by atoms with van der Waals surface area (Å²) in [5, 5.41) is 0. The minimum Gasteiger partial charge on any atom is -0.305 e. The van der Waals surface area contributed by atoms with Gasteiger partial charge in [0.1, 0.15) is 23.8 Å². The van der Waals surface area contributed by atoms with Crippen LogP contribution in [0.3, 0.4) is 0 Å². The van der Waals surface area contributed by atoms with Crippen molar-refractivity contribution >= 4 is 17.9 Å². The Kier molecular flexibility index (Phi) is 7.20. The Hall–Kier alpha value is -2.56. The van der Waals surface area contributed by atoms with Crippen molar-refractivity contribution in [1.29, 1.82) is 0 Å². The summed E-state index contributed by atoms with van der Waals surface area (Å²) < 4.78 is 14.6. The first-order valence-electron chi connectivity index (χ1n) is 12.8. The standard InChI is InChI=1S/C29H37FN2O2/c1-4-8-25(22-13-11-21(20-33)12-14-22)32-27(34)26(23-9-6-5-7-10-24(30)19-23)31-29(32)17-15-28(2,3)16-18-29/h5-6,11-14,19-20,24-25H,4,7-10,15-18H2,1-3H3/b6-5-,23-19+/t24?,25-/m1/s1. The lowest BCUT2D eigenvalue weighted by Crippen LogP contribution is -2.51. The summed E-state index contributed by atoms with van der Waals surface area (Å²) in [6.07, 6.45) is 12.4. The molecule has 1 saturated carbocycles.